The second-order valence-corrected chi connectivity index (χ2v) is 4.82. The van der Waals surface area contributed by atoms with E-state index in [0.717, 1.165) is 33.9 Å². The van der Waals surface area contributed by atoms with Crippen LogP contribution < -0.4 is 0 Å². The van der Waals surface area contributed by atoms with E-state index in [1.54, 1.807) is 0 Å². The van der Waals surface area contributed by atoms with Crippen molar-refractivity contribution in [2.75, 3.05) is 0 Å². The largest absolute Gasteiger partial charge is 0.302 e. The van der Waals surface area contributed by atoms with Crippen LogP contribution >= 0.6 is 0 Å². The van der Waals surface area contributed by atoms with Crippen molar-refractivity contribution in [1.82, 2.24) is 9.97 Å². The molecule has 3 rings (SSSR count). The van der Waals surface area contributed by atoms with Crippen LogP contribution in [0.15, 0.2) is 54.6 Å². The number of hydrogen-bond acceptors (Lipinski definition) is 2. The van der Waals surface area contributed by atoms with Gasteiger partial charge in [0.25, 0.3) is 0 Å². The number of aryl methyl sites for hydroxylation is 2. The maximum absolute atomic E-state index is 4.52. The number of benzene rings is 1. The molecule has 2 aromatic heterocycles. The third-order valence-electron chi connectivity index (χ3n) is 3.16. The summed E-state index contributed by atoms with van der Waals surface area (Å²) in [5, 5.41) is 0. The van der Waals surface area contributed by atoms with Crippen molar-refractivity contribution >= 4 is 0 Å². The van der Waals surface area contributed by atoms with E-state index in [2.05, 4.69) is 22.1 Å². The van der Waals surface area contributed by atoms with Crippen LogP contribution in [0.4, 0.5) is 0 Å². The molecule has 0 saturated carbocycles. The molecule has 3 aromatic rings. The van der Waals surface area contributed by atoms with Gasteiger partial charge in [0.15, 0.2) is 0 Å². The van der Waals surface area contributed by atoms with Gasteiger partial charge in [0.1, 0.15) is 0 Å². The van der Waals surface area contributed by atoms with Gasteiger partial charge in [0, 0.05) is 37.2 Å². The first kappa shape index (κ1) is 15.6. The Bertz CT molecular complexity index is 672. The van der Waals surface area contributed by atoms with Gasteiger partial charge in [-0.25, -0.2) is 0 Å². The van der Waals surface area contributed by atoms with Crippen molar-refractivity contribution in [3.63, 3.8) is 0 Å². The van der Waals surface area contributed by atoms with Crippen LogP contribution in [-0.4, -0.2) is 9.97 Å². The summed E-state index contributed by atoms with van der Waals surface area (Å²) in [5.41, 5.74) is 6.04. The molecule has 107 valence electrons. The van der Waals surface area contributed by atoms with Crippen LogP contribution in [0.2, 0.25) is 0 Å². The Hall–Kier alpha value is -1.83. The van der Waals surface area contributed by atoms with Gasteiger partial charge in [0.05, 0.1) is 0 Å². The van der Waals surface area contributed by atoms with Crippen molar-refractivity contribution in [3.05, 3.63) is 72.1 Å². The average Bonchev–Trinajstić information content (AvgIpc) is 2.47. The number of nitrogens with zero attached hydrogens (tertiary/aromatic N) is 2. The monoisotopic (exact) mass is 452 g/mol. The van der Waals surface area contributed by atoms with Gasteiger partial charge in [-0.15, -0.1) is 29.8 Å². The number of hydrogen-bond donors (Lipinski definition) is 0. The summed E-state index contributed by atoms with van der Waals surface area (Å²) in [6.45, 7) is 3.99. The quantitative estimate of drug-likeness (QED) is 0.545. The van der Waals surface area contributed by atoms with E-state index in [-0.39, 0.29) is 20.1 Å². The third kappa shape index (κ3) is 3.63. The molecule has 1 aromatic carbocycles. The second-order valence-electron chi connectivity index (χ2n) is 4.82. The molecule has 2 heterocycles. The van der Waals surface area contributed by atoms with Crippen LogP contribution in [0.25, 0.3) is 22.5 Å². The van der Waals surface area contributed by atoms with Crippen molar-refractivity contribution in [2.24, 2.45) is 0 Å². The van der Waals surface area contributed by atoms with E-state index in [4.69, 9.17) is 0 Å². The molecule has 1 radical (unpaired) electrons. The van der Waals surface area contributed by atoms with Crippen LogP contribution in [0.5, 0.6) is 0 Å². The van der Waals surface area contributed by atoms with Gasteiger partial charge in [0.2, 0.25) is 0 Å². The number of aromatic nitrogens is 2. The first-order valence-corrected chi connectivity index (χ1v) is 6.62. The minimum atomic E-state index is 0. The smallest absolute Gasteiger partial charge is 0.0370 e. The maximum Gasteiger partial charge on any atom is 0.0370 e. The zero-order chi connectivity index (χ0) is 13.9. The van der Waals surface area contributed by atoms with Crippen molar-refractivity contribution in [1.29, 1.82) is 0 Å². The first-order valence-electron chi connectivity index (χ1n) is 6.62. The number of rotatable bonds is 2. The fraction of sp³-hybridized carbons (Fsp3) is 0.111. The van der Waals surface area contributed by atoms with E-state index in [1.165, 1.54) is 0 Å². The Morgan fingerprint density at radius 1 is 0.762 bits per heavy atom. The fourth-order valence-corrected chi connectivity index (χ4v) is 2.14. The molecule has 0 aliphatic carbocycles. The predicted molar refractivity (Wildman–Crippen MR) is 81.2 cm³/mol. The molecule has 0 aliphatic rings. The predicted octanol–water partition coefficient (Wildman–Crippen LogP) is 4.23. The normalized spacial score (nSPS) is 10.0. The van der Waals surface area contributed by atoms with Crippen LogP contribution in [0.3, 0.4) is 0 Å². The first-order chi connectivity index (χ1) is 9.72. The topological polar surface area (TPSA) is 25.8 Å². The standard InChI is InChI=1S/C18H15N2.Ir/c1-13-5-3-7-17(19-13)15-9-11-16(12-10-15)18-8-4-6-14(2)20-18;/h3-11H,1-2H3;/q-1;. The summed E-state index contributed by atoms with van der Waals surface area (Å²) in [5.74, 6) is 0. The molecule has 21 heavy (non-hydrogen) atoms. The van der Waals surface area contributed by atoms with Gasteiger partial charge in [-0.05, 0) is 37.7 Å². The van der Waals surface area contributed by atoms with E-state index in [1.807, 2.05) is 62.4 Å². The fourth-order valence-electron chi connectivity index (χ4n) is 2.14. The third-order valence-corrected chi connectivity index (χ3v) is 3.16. The molecule has 0 unspecified atom stereocenters. The van der Waals surface area contributed by atoms with Crippen LogP contribution in [-0.2, 0) is 20.1 Å². The Labute approximate surface area is 138 Å². The maximum atomic E-state index is 4.52. The van der Waals surface area contributed by atoms with Crippen LogP contribution in [0.1, 0.15) is 11.4 Å². The Morgan fingerprint density at radius 3 is 1.95 bits per heavy atom. The molecule has 0 aliphatic heterocycles. The summed E-state index contributed by atoms with van der Waals surface area (Å²) >= 11 is 0. The zero-order valence-electron chi connectivity index (χ0n) is 11.9. The molecule has 0 atom stereocenters. The molecule has 3 heteroatoms. The Kier molecular flexibility index (Phi) is 5.00. The van der Waals surface area contributed by atoms with Crippen molar-refractivity contribution < 1.29 is 20.1 Å². The van der Waals surface area contributed by atoms with Gasteiger partial charge >= 0.3 is 0 Å². The molecular formula is C18H15IrN2-. The van der Waals surface area contributed by atoms with Crippen molar-refractivity contribution in [3.8, 4) is 22.5 Å². The molecule has 0 N–H and O–H groups in total. The summed E-state index contributed by atoms with van der Waals surface area (Å²) in [6.07, 6.45) is 0. The van der Waals surface area contributed by atoms with Gasteiger partial charge in [-0.1, -0.05) is 23.8 Å². The molecule has 0 bridgehead atoms. The van der Waals surface area contributed by atoms with E-state index < -0.39 is 0 Å². The summed E-state index contributed by atoms with van der Waals surface area (Å²) < 4.78 is 0. The molecular weight excluding hydrogens is 436 g/mol. The second kappa shape index (κ2) is 6.75. The molecule has 0 fully saturated rings. The SMILES string of the molecule is Cc1cccc(-c2[c-]cc(-c3cccc(C)n3)cc2)n1.[Ir]. The zero-order valence-corrected chi connectivity index (χ0v) is 14.3. The van der Waals surface area contributed by atoms with Gasteiger partial charge in [-0.3, -0.25) is 4.98 Å². The summed E-state index contributed by atoms with van der Waals surface area (Å²) in [7, 11) is 0. The molecule has 2 nitrogen and oxygen atoms in total. The Morgan fingerprint density at radius 2 is 1.38 bits per heavy atom. The summed E-state index contributed by atoms with van der Waals surface area (Å²) in [6, 6.07) is 21.4. The minimum absolute atomic E-state index is 0. The molecule has 0 spiro atoms. The molecule has 0 saturated heterocycles. The summed E-state index contributed by atoms with van der Waals surface area (Å²) in [4.78, 5) is 9.04. The van der Waals surface area contributed by atoms with Gasteiger partial charge in [-0.2, -0.15) is 0 Å². The van der Waals surface area contributed by atoms with E-state index in [9.17, 15) is 0 Å². The molecule has 0 amide bonds. The number of pyridine rings is 2. The minimum Gasteiger partial charge on any atom is -0.302 e. The van der Waals surface area contributed by atoms with E-state index in [0.29, 0.717) is 0 Å². The van der Waals surface area contributed by atoms with E-state index >= 15 is 0 Å². The van der Waals surface area contributed by atoms with Crippen molar-refractivity contribution in [2.45, 2.75) is 13.8 Å². The average molecular weight is 452 g/mol. The van der Waals surface area contributed by atoms with Crippen LogP contribution in [0, 0.1) is 19.9 Å². The Balaban J connectivity index is 0.00000161. The van der Waals surface area contributed by atoms with Gasteiger partial charge < -0.3 is 4.98 Å².